The summed E-state index contributed by atoms with van der Waals surface area (Å²) in [5.41, 5.74) is 6.80. The molecule has 3 N–H and O–H groups in total. The van der Waals surface area contributed by atoms with Gasteiger partial charge in [-0.15, -0.1) is 0 Å². The molecule has 0 spiro atoms. The quantitative estimate of drug-likeness (QED) is 0.800. The number of hydrogen-bond acceptors (Lipinski definition) is 4. The minimum absolute atomic E-state index is 0.0321. The van der Waals surface area contributed by atoms with Crippen molar-refractivity contribution < 1.29 is 14.4 Å². The van der Waals surface area contributed by atoms with Crippen LogP contribution >= 0.6 is 11.6 Å². The molecule has 0 bridgehead atoms. The fourth-order valence-electron chi connectivity index (χ4n) is 3.01. The smallest absolute Gasteiger partial charge is 0.253 e. The van der Waals surface area contributed by atoms with Crippen molar-refractivity contribution in [3.8, 4) is 0 Å². The Kier molecular flexibility index (Phi) is 6.28. The van der Waals surface area contributed by atoms with E-state index in [1.165, 1.54) is 0 Å². The topological polar surface area (TPSA) is 95.7 Å². The number of nitrogens with one attached hydrogen (secondary N) is 1. The summed E-state index contributed by atoms with van der Waals surface area (Å²) in [6.45, 7) is 2.59. The number of anilines is 1. The van der Waals surface area contributed by atoms with Crippen molar-refractivity contribution >= 4 is 35.0 Å². The molecule has 0 unspecified atom stereocenters. The standard InChI is InChI=1S/C20H21ClN4O3/c21-16-5-1-15(2-6-16)20(28)25-11-9-24(10-12-25)13-18(26)23-17-7-3-14(4-8-17)19(22)27/h1-8H,9-13H2,(H2,22,27)(H,23,26). The second kappa shape index (κ2) is 8.86. The second-order valence-corrected chi connectivity index (χ2v) is 7.00. The third kappa shape index (κ3) is 5.09. The zero-order valence-corrected chi connectivity index (χ0v) is 16.0. The molecule has 8 heteroatoms. The van der Waals surface area contributed by atoms with Gasteiger partial charge in [0.25, 0.3) is 5.91 Å². The van der Waals surface area contributed by atoms with Gasteiger partial charge in [-0.3, -0.25) is 19.3 Å². The van der Waals surface area contributed by atoms with Crippen molar-refractivity contribution in [1.29, 1.82) is 0 Å². The van der Waals surface area contributed by atoms with Crippen LogP contribution in [0.5, 0.6) is 0 Å². The van der Waals surface area contributed by atoms with Gasteiger partial charge in [0, 0.05) is 48.0 Å². The summed E-state index contributed by atoms with van der Waals surface area (Å²) in [5.74, 6) is -0.691. The number of halogens is 1. The molecule has 0 radical (unpaired) electrons. The Morgan fingerprint density at radius 3 is 2.04 bits per heavy atom. The summed E-state index contributed by atoms with van der Waals surface area (Å²) in [6.07, 6.45) is 0. The highest BCUT2D eigenvalue weighted by molar-refractivity contribution is 6.30. The number of piperazine rings is 1. The van der Waals surface area contributed by atoms with Crippen LogP contribution in [0, 0.1) is 0 Å². The average molecular weight is 401 g/mol. The lowest BCUT2D eigenvalue weighted by Crippen LogP contribution is -2.50. The molecule has 146 valence electrons. The zero-order chi connectivity index (χ0) is 20.1. The highest BCUT2D eigenvalue weighted by atomic mass is 35.5. The normalized spacial score (nSPS) is 14.5. The van der Waals surface area contributed by atoms with Gasteiger partial charge in [0.2, 0.25) is 11.8 Å². The Labute approximate surface area is 168 Å². The van der Waals surface area contributed by atoms with Crippen molar-refractivity contribution in [1.82, 2.24) is 9.80 Å². The van der Waals surface area contributed by atoms with E-state index in [1.54, 1.807) is 53.4 Å². The van der Waals surface area contributed by atoms with Crippen molar-refractivity contribution in [2.75, 3.05) is 38.0 Å². The van der Waals surface area contributed by atoms with Gasteiger partial charge in [0.15, 0.2) is 0 Å². The van der Waals surface area contributed by atoms with E-state index < -0.39 is 5.91 Å². The van der Waals surface area contributed by atoms with Gasteiger partial charge in [0.1, 0.15) is 0 Å². The first kappa shape index (κ1) is 19.9. The van der Waals surface area contributed by atoms with Gasteiger partial charge in [-0.1, -0.05) is 11.6 Å². The first-order valence-corrected chi connectivity index (χ1v) is 9.27. The maximum absolute atomic E-state index is 12.5. The number of benzene rings is 2. The highest BCUT2D eigenvalue weighted by Gasteiger charge is 2.23. The molecule has 1 fully saturated rings. The van der Waals surface area contributed by atoms with Gasteiger partial charge in [-0.25, -0.2) is 0 Å². The molecule has 0 aliphatic carbocycles. The van der Waals surface area contributed by atoms with E-state index in [2.05, 4.69) is 5.32 Å². The maximum atomic E-state index is 12.5. The van der Waals surface area contributed by atoms with Crippen molar-refractivity contribution in [3.05, 3.63) is 64.7 Å². The van der Waals surface area contributed by atoms with E-state index in [-0.39, 0.29) is 18.4 Å². The van der Waals surface area contributed by atoms with E-state index in [4.69, 9.17) is 17.3 Å². The molecular formula is C20H21ClN4O3. The van der Waals surface area contributed by atoms with E-state index in [9.17, 15) is 14.4 Å². The largest absolute Gasteiger partial charge is 0.366 e. The van der Waals surface area contributed by atoms with E-state index in [1.807, 2.05) is 4.90 Å². The molecule has 0 atom stereocenters. The molecule has 28 heavy (non-hydrogen) atoms. The second-order valence-electron chi connectivity index (χ2n) is 6.57. The van der Waals surface area contributed by atoms with Gasteiger partial charge in [0.05, 0.1) is 6.54 Å². The lowest BCUT2D eigenvalue weighted by molar-refractivity contribution is -0.117. The molecule has 1 aliphatic rings. The van der Waals surface area contributed by atoms with Gasteiger partial charge in [-0.05, 0) is 48.5 Å². The van der Waals surface area contributed by atoms with Crippen LogP contribution in [-0.2, 0) is 4.79 Å². The first-order valence-electron chi connectivity index (χ1n) is 8.89. The molecule has 1 saturated heterocycles. The number of rotatable bonds is 5. The molecular weight excluding hydrogens is 380 g/mol. The van der Waals surface area contributed by atoms with E-state index in [0.717, 1.165) is 0 Å². The summed E-state index contributed by atoms with van der Waals surface area (Å²) < 4.78 is 0. The van der Waals surface area contributed by atoms with Gasteiger partial charge < -0.3 is 16.0 Å². The van der Waals surface area contributed by atoms with Crippen LogP contribution in [-0.4, -0.2) is 60.2 Å². The van der Waals surface area contributed by atoms with Crippen LogP contribution in [0.4, 0.5) is 5.69 Å². The summed E-state index contributed by atoms with van der Waals surface area (Å²) in [4.78, 5) is 39.6. The molecule has 0 saturated carbocycles. The Hall–Kier alpha value is -2.90. The number of carbonyl (C=O) groups is 3. The van der Waals surface area contributed by atoms with Crippen LogP contribution in [0.15, 0.2) is 48.5 Å². The van der Waals surface area contributed by atoms with Crippen LogP contribution in [0.1, 0.15) is 20.7 Å². The lowest BCUT2D eigenvalue weighted by Gasteiger charge is -2.34. The van der Waals surface area contributed by atoms with Crippen LogP contribution in [0.3, 0.4) is 0 Å². The molecule has 7 nitrogen and oxygen atoms in total. The van der Waals surface area contributed by atoms with E-state index in [0.29, 0.717) is 48.0 Å². The summed E-state index contributed by atoms with van der Waals surface area (Å²) in [6, 6.07) is 13.2. The first-order chi connectivity index (χ1) is 13.4. The molecule has 3 rings (SSSR count). The number of carbonyl (C=O) groups excluding carboxylic acids is 3. The van der Waals surface area contributed by atoms with E-state index >= 15 is 0 Å². The van der Waals surface area contributed by atoms with Gasteiger partial charge in [-0.2, -0.15) is 0 Å². The fraction of sp³-hybridized carbons (Fsp3) is 0.250. The Morgan fingerprint density at radius 2 is 1.46 bits per heavy atom. The third-order valence-corrected chi connectivity index (χ3v) is 4.82. The number of primary amides is 1. The number of hydrogen-bond donors (Lipinski definition) is 2. The average Bonchev–Trinajstić information content (AvgIpc) is 2.69. The monoisotopic (exact) mass is 400 g/mol. The van der Waals surface area contributed by atoms with Crippen LogP contribution < -0.4 is 11.1 Å². The van der Waals surface area contributed by atoms with Crippen molar-refractivity contribution in [2.45, 2.75) is 0 Å². The Bertz CT molecular complexity index is 860. The fourth-order valence-corrected chi connectivity index (χ4v) is 3.13. The highest BCUT2D eigenvalue weighted by Crippen LogP contribution is 2.14. The molecule has 3 amide bonds. The molecule has 1 aliphatic heterocycles. The van der Waals surface area contributed by atoms with Gasteiger partial charge >= 0.3 is 0 Å². The predicted octanol–water partition coefficient (Wildman–Crippen LogP) is 1.84. The minimum atomic E-state index is -0.510. The summed E-state index contributed by atoms with van der Waals surface area (Å²) in [5, 5.41) is 3.39. The number of nitrogens with zero attached hydrogens (tertiary/aromatic N) is 2. The maximum Gasteiger partial charge on any atom is 0.253 e. The predicted molar refractivity (Wildman–Crippen MR) is 107 cm³/mol. The van der Waals surface area contributed by atoms with Crippen LogP contribution in [0.2, 0.25) is 5.02 Å². The number of nitrogens with two attached hydrogens (primary N) is 1. The molecule has 2 aromatic rings. The third-order valence-electron chi connectivity index (χ3n) is 4.57. The Balaban J connectivity index is 1.47. The van der Waals surface area contributed by atoms with Crippen molar-refractivity contribution in [3.63, 3.8) is 0 Å². The minimum Gasteiger partial charge on any atom is -0.366 e. The Morgan fingerprint density at radius 1 is 0.893 bits per heavy atom. The molecule has 1 heterocycles. The van der Waals surface area contributed by atoms with Crippen molar-refractivity contribution in [2.24, 2.45) is 5.73 Å². The number of amides is 3. The lowest BCUT2D eigenvalue weighted by atomic mass is 10.2. The summed E-state index contributed by atoms with van der Waals surface area (Å²) in [7, 11) is 0. The summed E-state index contributed by atoms with van der Waals surface area (Å²) >= 11 is 5.86. The molecule has 0 aromatic heterocycles. The zero-order valence-electron chi connectivity index (χ0n) is 15.2. The SMILES string of the molecule is NC(=O)c1ccc(NC(=O)CN2CCN(C(=O)c3ccc(Cl)cc3)CC2)cc1. The molecule has 2 aromatic carbocycles. The van der Waals surface area contributed by atoms with Crippen LogP contribution in [0.25, 0.3) is 0 Å².